The Morgan fingerprint density at radius 1 is 0.714 bits per heavy atom. The second-order valence-corrected chi connectivity index (χ2v) is 17.3. The zero-order valence-corrected chi connectivity index (χ0v) is 23.5. The SMILES string of the molecule is CP(C)CCP(C)C.CP(C)CCP(C)C.[CH-]=Cc1ccccc1.[Fe+2].[N-]=[N+]=[N-]. The molecule has 3 nitrogen and oxygen atoms in total. The van der Waals surface area contributed by atoms with Gasteiger partial charge in [-0.1, -0.05) is 18.2 Å². The van der Waals surface area contributed by atoms with E-state index in [-0.39, 0.29) is 17.1 Å². The van der Waals surface area contributed by atoms with Crippen LogP contribution in [0, 0.1) is 6.58 Å². The van der Waals surface area contributed by atoms with Gasteiger partial charge in [0.2, 0.25) is 0 Å². The molecule has 0 unspecified atom stereocenters. The fraction of sp³-hybridized carbons (Fsp3) is 0.600. The summed E-state index contributed by atoms with van der Waals surface area (Å²) in [6.45, 7) is 24.1. The molecule has 0 saturated heterocycles. The molecule has 0 heterocycles. The molecule has 0 aliphatic carbocycles. The van der Waals surface area contributed by atoms with Crippen molar-refractivity contribution in [1.82, 2.24) is 0 Å². The molecule has 0 aliphatic heterocycles. The normalized spacial score (nSPS) is 9.14. The first kappa shape index (κ1) is 35.9. The van der Waals surface area contributed by atoms with Crippen molar-refractivity contribution in [3.8, 4) is 0 Å². The average Bonchev–Trinajstić information content (AvgIpc) is 2.61. The van der Waals surface area contributed by atoms with Crippen LogP contribution in [0.25, 0.3) is 22.0 Å². The van der Waals surface area contributed by atoms with Gasteiger partial charge in [-0.2, -0.15) is 5.56 Å². The largest absolute Gasteiger partial charge is 2.00 e. The second kappa shape index (κ2) is 27.5. The molecule has 162 valence electrons. The van der Waals surface area contributed by atoms with Crippen LogP contribution in [0.3, 0.4) is 0 Å². The van der Waals surface area contributed by atoms with Crippen LogP contribution < -0.4 is 0 Å². The summed E-state index contributed by atoms with van der Waals surface area (Å²) >= 11 is 0. The molecular formula is C20H39FeN3P4. The maximum Gasteiger partial charge on any atom is 2.00 e. The van der Waals surface area contributed by atoms with Gasteiger partial charge in [-0.3, -0.25) is 11.5 Å². The minimum atomic E-state index is 0. The van der Waals surface area contributed by atoms with Crippen LogP contribution in [0.5, 0.6) is 0 Å². The van der Waals surface area contributed by atoms with Gasteiger partial charge in [-0.25, -0.2) is 6.08 Å². The Hall–Kier alpha value is 0.509. The van der Waals surface area contributed by atoms with Crippen molar-refractivity contribution in [3.63, 3.8) is 0 Å². The Labute approximate surface area is 190 Å². The van der Waals surface area contributed by atoms with Crippen LogP contribution in [-0.2, 0) is 17.1 Å². The van der Waals surface area contributed by atoms with E-state index < -0.39 is 0 Å². The van der Waals surface area contributed by atoms with Gasteiger partial charge in [0, 0.05) is 0 Å². The van der Waals surface area contributed by atoms with E-state index in [1.165, 1.54) is 29.6 Å². The molecule has 0 radical (unpaired) electrons. The first-order valence-corrected chi connectivity index (χ1v) is 18.5. The van der Waals surface area contributed by atoms with Crippen molar-refractivity contribution in [3.05, 3.63) is 58.4 Å². The van der Waals surface area contributed by atoms with Crippen molar-refractivity contribution in [2.45, 2.75) is 0 Å². The summed E-state index contributed by atoms with van der Waals surface area (Å²) in [6.07, 6.45) is 7.50. The van der Waals surface area contributed by atoms with Crippen molar-refractivity contribution >= 4 is 37.8 Å². The molecule has 1 aromatic rings. The van der Waals surface area contributed by atoms with Crippen molar-refractivity contribution in [2.24, 2.45) is 0 Å². The van der Waals surface area contributed by atoms with Crippen LogP contribution in [0.15, 0.2) is 30.3 Å². The summed E-state index contributed by atoms with van der Waals surface area (Å²) in [5.41, 5.74) is 14.6. The molecule has 0 aromatic heterocycles. The average molecular weight is 501 g/mol. The molecule has 0 aliphatic rings. The van der Waals surface area contributed by atoms with Gasteiger partial charge in [0.1, 0.15) is 0 Å². The summed E-state index contributed by atoms with van der Waals surface area (Å²) in [4.78, 5) is 1.50. The van der Waals surface area contributed by atoms with E-state index in [0.29, 0.717) is 31.7 Å². The third kappa shape index (κ3) is 41.0. The second-order valence-electron chi connectivity index (χ2n) is 6.88. The molecule has 0 N–H and O–H groups in total. The molecule has 28 heavy (non-hydrogen) atoms. The molecular weight excluding hydrogens is 462 g/mol. The van der Waals surface area contributed by atoms with Crippen molar-refractivity contribution in [2.75, 3.05) is 78.0 Å². The molecule has 0 atom stereocenters. The predicted molar refractivity (Wildman–Crippen MR) is 140 cm³/mol. The van der Waals surface area contributed by atoms with E-state index in [0.717, 1.165) is 5.56 Å². The Kier molecular flexibility index (Phi) is 35.3. The smallest absolute Gasteiger partial charge is 0.373 e. The Morgan fingerprint density at radius 3 is 1.11 bits per heavy atom. The molecule has 0 fully saturated rings. The summed E-state index contributed by atoms with van der Waals surface area (Å²) in [7, 11) is 1.53. The summed E-state index contributed by atoms with van der Waals surface area (Å²) in [5, 5.41) is 0. The topological polar surface area (TPSA) is 58.7 Å². The molecule has 1 aromatic carbocycles. The van der Waals surface area contributed by atoms with Gasteiger partial charge in [0.15, 0.2) is 0 Å². The van der Waals surface area contributed by atoms with Crippen LogP contribution in [-0.4, -0.2) is 78.0 Å². The molecule has 1 rings (SSSR count). The fourth-order valence-electron chi connectivity index (χ4n) is 1.36. The first-order chi connectivity index (χ1) is 12.6. The molecule has 0 saturated carbocycles. The summed E-state index contributed by atoms with van der Waals surface area (Å²) < 4.78 is 0. The third-order valence-electron chi connectivity index (χ3n) is 2.98. The molecule has 0 spiro atoms. The van der Waals surface area contributed by atoms with Gasteiger partial charge in [-0.15, -0.1) is 43.8 Å². The first-order valence-electron chi connectivity index (χ1n) is 8.78. The Balaban J connectivity index is -0.000000142. The van der Waals surface area contributed by atoms with Crippen LogP contribution in [0.4, 0.5) is 0 Å². The fourth-order valence-corrected chi connectivity index (χ4v) is 7.76. The van der Waals surface area contributed by atoms with E-state index in [9.17, 15) is 0 Å². The maximum absolute atomic E-state index is 6.75. The summed E-state index contributed by atoms with van der Waals surface area (Å²) in [6, 6.07) is 9.80. The number of rotatable bonds is 7. The van der Waals surface area contributed by atoms with Crippen LogP contribution in [0.2, 0.25) is 0 Å². The Bertz CT molecular complexity index is 432. The van der Waals surface area contributed by atoms with Gasteiger partial charge in [0.25, 0.3) is 0 Å². The van der Waals surface area contributed by atoms with Gasteiger partial charge < -0.3 is 11.1 Å². The van der Waals surface area contributed by atoms with E-state index in [1.54, 1.807) is 6.08 Å². The predicted octanol–water partition coefficient (Wildman–Crippen LogP) is 7.94. The maximum atomic E-state index is 6.75. The zero-order chi connectivity index (χ0) is 21.7. The number of hydrogen-bond donors (Lipinski definition) is 0. The third-order valence-corrected chi connectivity index (χ3v) is 8.16. The molecule has 8 heteroatoms. The van der Waals surface area contributed by atoms with Crippen LogP contribution in [0.1, 0.15) is 5.56 Å². The van der Waals surface area contributed by atoms with E-state index in [4.69, 9.17) is 17.6 Å². The monoisotopic (exact) mass is 501 g/mol. The van der Waals surface area contributed by atoms with Gasteiger partial charge in [-0.05, 0) is 78.0 Å². The Morgan fingerprint density at radius 2 is 0.964 bits per heavy atom. The van der Waals surface area contributed by atoms with E-state index in [1.807, 2.05) is 30.3 Å². The summed E-state index contributed by atoms with van der Waals surface area (Å²) in [5.74, 6) is 0. The van der Waals surface area contributed by atoms with Crippen molar-refractivity contribution in [1.29, 1.82) is 0 Å². The quantitative estimate of drug-likeness (QED) is 0.0910. The van der Waals surface area contributed by atoms with Crippen molar-refractivity contribution < 1.29 is 17.1 Å². The van der Waals surface area contributed by atoms with Gasteiger partial charge >= 0.3 is 17.1 Å². The van der Waals surface area contributed by atoms with Crippen LogP contribution >= 0.6 is 31.7 Å². The number of benzene rings is 1. The van der Waals surface area contributed by atoms with E-state index in [2.05, 4.69) is 53.3 Å². The van der Waals surface area contributed by atoms with Gasteiger partial charge in [0.05, 0.1) is 0 Å². The molecule has 0 amide bonds. The van der Waals surface area contributed by atoms with E-state index >= 15 is 0 Å². The standard InChI is InChI=1S/C8H7.2C6H16P2.Fe.N3/c1-2-8-6-4-3-5-7-8;2*1-7(2)5-6-8(3)4;;1-3-2/h1-7H;2*5-6H2,1-4H3;;/q-1;;;+2;-1. The minimum Gasteiger partial charge on any atom is -0.373 e. The zero-order valence-electron chi connectivity index (χ0n) is 18.9. The minimum absolute atomic E-state index is 0. The number of hydrogen-bond acceptors (Lipinski definition) is 0. The number of nitrogens with zero attached hydrogens (tertiary/aromatic N) is 3. The molecule has 0 bridgehead atoms.